The Labute approximate surface area is 231 Å². The van der Waals surface area contributed by atoms with E-state index < -0.39 is 28.8 Å². The van der Waals surface area contributed by atoms with Crippen molar-refractivity contribution in [2.24, 2.45) is 46.3 Å². The zero-order chi connectivity index (χ0) is 27.7. The molecule has 6 nitrogen and oxygen atoms in total. The van der Waals surface area contributed by atoms with E-state index in [4.69, 9.17) is 14.2 Å². The molecule has 39 heavy (non-hydrogen) atoms. The zero-order valence-corrected chi connectivity index (χ0v) is 24.0. The second-order valence-corrected chi connectivity index (χ2v) is 14.1. The zero-order valence-electron chi connectivity index (χ0n) is 24.0. The molecular weight excluding hydrogens is 490 g/mol. The summed E-state index contributed by atoms with van der Waals surface area (Å²) in [6.45, 7) is 15.7. The maximum atomic E-state index is 15.0. The van der Waals surface area contributed by atoms with E-state index in [1.165, 1.54) is 5.57 Å². The second-order valence-electron chi connectivity index (χ2n) is 14.1. The van der Waals surface area contributed by atoms with Crippen molar-refractivity contribution in [2.45, 2.75) is 77.4 Å². The molecule has 0 aromatic heterocycles. The molecule has 6 heteroatoms. The number of epoxide rings is 1. The number of fused-ring (bicyclic) bond motifs is 4. The summed E-state index contributed by atoms with van der Waals surface area (Å²) in [5, 5.41) is 3.06. The Bertz CT molecular complexity index is 1300. The van der Waals surface area contributed by atoms with Gasteiger partial charge in [-0.2, -0.15) is 0 Å². The molecule has 0 radical (unpaired) electrons. The Kier molecular flexibility index (Phi) is 5.14. The maximum Gasteiger partial charge on any atom is 0.265 e. The predicted molar refractivity (Wildman–Crippen MR) is 147 cm³/mol. The molecule has 0 spiro atoms. The second kappa shape index (κ2) is 7.85. The highest BCUT2D eigenvalue weighted by Gasteiger charge is 2.83. The summed E-state index contributed by atoms with van der Waals surface area (Å²) in [4.78, 5) is 28.7. The Morgan fingerprint density at radius 1 is 1.13 bits per heavy atom. The highest BCUT2D eigenvalue weighted by Crippen LogP contribution is 2.69. The van der Waals surface area contributed by atoms with E-state index in [2.05, 4.69) is 52.6 Å². The largest absolute Gasteiger partial charge is 0.490 e. The first-order chi connectivity index (χ1) is 18.4. The molecule has 2 saturated heterocycles. The minimum atomic E-state index is -1.54. The topological polar surface area (TPSA) is 77.2 Å². The van der Waals surface area contributed by atoms with E-state index in [-0.39, 0.29) is 41.0 Å². The Morgan fingerprint density at radius 2 is 1.85 bits per heavy atom. The monoisotopic (exact) mass is 531 g/mol. The van der Waals surface area contributed by atoms with Crippen LogP contribution in [0.25, 0.3) is 0 Å². The van der Waals surface area contributed by atoms with Crippen molar-refractivity contribution in [3.8, 4) is 5.75 Å². The highest BCUT2D eigenvalue weighted by atomic mass is 16.7. The quantitative estimate of drug-likeness (QED) is 0.335. The van der Waals surface area contributed by atoms with Gasteiger partial charge in [-0.3, -0.25) is 9.59 Å². The molecule has 2 saturated carbocycles. The molecule has 4 fully saturated rings. The van der Waals surface area contributed by atoms with Crippen LogP contribution in [0.4, 0.5) is 0 Å². The lowest BCUT2D eigenvalue weighted by Gasteiger charge is -2.50. The van der Waals surface area contributed by atoms with Gasteiger partial charge >= 0.3 is 0 Å². The van der Waals surface area contributed by atoms with Crippen molar-refractivity contribution in [1.82, 2.24) is 5.32 Å². The van der Waals surface area contributed by atoms with Gasteiger partial charge in [0, 0.05) is 36.7 Å². The lowest BCUT2D eigenvalue weighted by atomic mass is 9.53. The number of carbonyl (C=O) groups is 2. The van der Waals surface area contributed by atoms with Crippen LogP contribution < -0.4 is 10.1 Å². The summed E-state index contributed by atoms with van der Waals surface area (Å²) in [5.41, 5.74) is -1.01. The van der Waals surface area contributed by atoms with Crippen LogP contribution in [-0.4, -0.2) is 42.3 Å². The third-order valence-corrected chi connectivity index (χ3v) is 11.7. The van der Waals surface area contributed by atoms with Gasteiger partial charge in [0.25, 0.3) is 5.91 Å². The van der Waals surface area contributed by atoms with Crippen LogP contribution in [0, 0.1) is 46.3 Å². The van der Waals surface area contributed by atoms with Gasteiger partial charge in [-0.25, -0.2) is 0 Å². The summed E-state index contributed by atoms with van der Waals surface area (Å²) in [6.07, 6.45) is 5.96. The maximum absolute atomic E-state index is 15.0. The third kappa shape index (κ3) is 3.05. The van der Waals surface area contributed by atoms with Gasteiger partial charge in [0.05, 0.1) is 0 Å². The average molecular weight is 532 g/mol. The lowest BCUT2D eigenvalue weighted by Crippen LogP contribution is -2.54. The van der Waals surface area contributed by atoms with E-state index >= 15 is 0 Å². The van der Waals surface area contributed by atoms with Gasteiger partial charge in [0.2, 0.25) is 5.60 Å². The van der Waals surface area contributed by atoms with Crippen LogP contribution >= 0.6 is 0 Å². The Morgan fingerprint density at radius 3 is 2.49 bits per heavy atom. The molecule has 12 atom stereocenters. The number of amides is 1. The first-order valence-corrected chi connectivity index (χ1v) is 14.6. The van der Waals surface area contributed by atoms with E-state index in [0.29, 0.717) is 18.3 Å². The number of rotatable bonds is 2. The standard InChI is InChI=1S/C33H41NO5/c1-8-30(5)15-19(4)23-22-25(30)27(35)33-28(39-33)32(37-7,34-29(33)36)16-20-9-11-21(12-10-20)38-26(22)24-18(3)13-17(2)14-31(23,24)6/h8-12,15,17-18,22-26,28H,1,13-14,16H2,2-7H3,(H,34,36). The first kappa shape index (κ1) is 25.5. The fraction of sp³-hybridized carbons (Fsp3) is 0.636. The minimum Gasteiger partial charge on any atom is -0.490 e. The normalized spacial score (nSPS) is 51.2. The van der Waals surface area contributed by atoms with Crippen molar-refractivity contribution >= 4 is 11.7 Å². The highest BCUT2D eigenvalue weighted by molar-refractivity contribution is 6.16. The molecule has 1 amide bonds. The number of methoxy groups -OCH3 is 1. The van der Waals surface area contributed by atoms with E-state index in [0.717, 1.165) is 24.2 Å². The minimum absolute atomic E-state index is 0.0270. The van der Waals surface area contributed by atoms with Crippen molar-refractivity contribution in [3.63, 3.8) is 0 Å². The Balaban J connectivity index is 1.48. The van der Waals surface area contributed by atoms with Crippen LogP contribution in [0.3, 0.4) is 0 Å². The van der Waals surface area contributed by atoms with E-state index in [1.54, 1.807) is 7.11 Å². The van der Waals surface area contributed by atoms with E-state index in [1.807, 2.05) is 30.3 Å². The smallest absolute Gasteiger partial charge is 0.265 e. The van der Waals surface area contributed by atoms with Crippen LogP contribution in [0.5, 0.6) is 5.75 Å². The molecule has 12 unspecified atom stereocenters. The number of Topliss-reactive ketones (excluding diaryl/α,β-unsaturated/α-hetero) is 1. The molecule has 1 N–H and O–H groups in total. The molecule has 7 aliphatic rings. The SMILES string of the molecule is C=CC1(C)C=C(C)C2C3C(Oc4ccc(cc4)CC4(OC)NC(=O)C5(OC45)C(=O)C31)C1C(C)CC(C)CC21C. The van der Waals surface area contributed by atoms with Gasteiger partial charge in [-0.05, 0) is 60.6 Å². The molecule has 3 aliphatic carbocycles. The number of morpholine rings is 1. The summed E-state index contributed by atoms with van der Waals surface area (Å²) in [5.74, 6) is 1.15. The lowest BCUT2D eigenvalue weighted by molar-refractivity contribution is -0.145. The van der Waals surface area contributed by atoms with Crippen molar-refractivity contribution < 1.29 is 23.8 Å². The fourth-order valence-corrected chi connectivity index (χ4v) is 10.5. The average Bonchev–Trinajstić information content (AvgIpc) is 3.53. The van der Waals surface area contributed by atoms with Crippen LogP contribution in [0.15, 0.2) is 48.6 Å². The van der Waals surface area contributed by atoms with Gasteiger partial charge in [0.15, 0.2) is 17.6 Å². The van der Waals surface area contributed by atoms with Gasteiger partial charge in [0.1, 0.15) is 11.9 Å². The van der Waals surface area contributed by atoms with E-state index in [9.17, 15) is 9.59 Å². The number of hydrogen-bond donors (Lipinski definition) is 1. The summed E-state index contributed by atoms with van der Waals surface area (Å²) in [6, 6.07) is 8.15. The molecule has 4 heterocycles. The summed E-state index contributed by atoms with van der Waals surface area (Å²) in [7, 11) is 1.58. The van der Waals surface area contributed by atoms with Gasteiger partial charge < -0.3 is 19.5 Å². The Hall–Kier alpha value is -2.44. The molecule has 8 rings (SSSR count). The number of carbonyl (C=O) groups excluding carboxylic acids is 2. The number of ketones is 1. The molecule has 4 bridgehead atoms. The van der Waals surface area contributed by atoms with Crippen molar-refractivity contribution in [3.05, 3.63) is 54.1 Å². The van der Waals surface area contributed by atoms with Crippen LogP contribution in [-0.2, 0) is 25.5 Å². The molecule has 208 valence electrons. The van der Waals surface area contributed by atoms with Crippen molar-refractivity contribution in [1.29, 1.82) is 0 Å². The molecule has 1 aromatic rings. The van der Waals surface area contributed by atoms with Gasteiger partial charge in [-0.15, -0.1) is 6.58 Å². The van der Waals surface area contributed by atoms with Crippen LogP contribution in [0.2, 0.25) is 0 Å². The van der Waals surface area contributed by atoms with Crippen molar-refractivity contribution in [2.75, 3.05) is 7.11 Å². The molecular formula is C33H41NO5. The molecule has 4 aliphatic heterocycles. The first-order valence-electron chi connectivity index (χ1n) is 14.6. The fourth-order valence-electron chi connectivity index (χ4n) is 10.5. The number of hydrogen-bond acceptors (Lipinski definition) is 5. The number of ether oxygens (including phenoxy) is 3. The van der Waals surface area contributed by atoms with Gasteiger partial charge in [-0.1, -0.05) is 57.6 Å². The third-order valence-electron chi connectivity index (χ3n) is 11.7. The predicted octanol–water partition coefficient (Wildman–Crippen LogP) is 4.87. The van der Waals surface area contributed by atoms with Crippen LogP contribution in [0.1, 0.15) is 53.0 Å². The summed E-state index contributed by atoms with van der Waals surface area (Å²) >= 11 is 0. The number of nitrogens with one attached hydrogen (secondary N) is 1. The number of allylic oxidation sites excluding steroid dienone is 3. The number of benzene rings is 1. The molecule has 1 aromatic carbocycles. The summed E-state index contributed by atoms with van der Waals surface area (Å²) < 4.78 is 19.2.